The predicted molar refractivity (Wildman–Crippen MR) is 86.8 cm³/mol. The molecule has 22 heavy (non-hydrogen) atoms. The number of piperidine rings is 1. The van der Waals surface area contributed by atoms with Gasteiger partial charge >= 0.3 is 6.09 Å². The average molecular weight is 302 g/mol. The molecule has 1 aliphatic heterocycles. The Labute approximate surface area is 132 Å². The monoisotopic (exact) mass is 302 g/mol. The van der Waals surface area contributed by atoms with Gasteiger partial charge in [-0.2, -0.15) is 0 Å². The molecule has 3 rings (SSSR count). The molecule has 1 fully saturated rings. The summed E-state index contributed by atoms with van der Waals surface area (Å²) in [5.74, 6) is 0. The van der Waals surface area contributed by atoms with Crippen molar-refractivity contribution in [3.8, 4) is 0 Å². The van der Waals surface area contributed by atoms with Gasteiger partial charge in [0.1, 0.15) is 5.60 Å². The number of amides is 1. The minimum absolute atomic E-state index is 0.0368. The Morgan fingerprint density at radius 1 is 1.27 bits per heavy atom. The molecule has 0 radical (unpaired) electrons. The zero-order valence-corrected chi connectivity index (χ0v) is 13.8. The van der Waals surface area contributed by atoms with E-state index in [4.69, 9.17) is 10.5 Å². The number of carbonyl (C=O) groups is 1. The lowest BCUT2D eigenvalue weighted by molar-refractivity contribution is 0.0155. The first kappa shape index (κ1) is 15.3. The summed E-state index contributed by atoms with van der Waals surface area (Å²) in [6.07, 6.45) is 2.58. The van der Waals surface area contributed by atoms with Gasteiger partial charge < -0.3 is 15.4 Å². The van der Waals surface area contributed by atoms with Crippen molar-refractivity contribution in [3.63, 3.8) is 0 Å². The highest BCUT2D eigenvalue weighted by molar-refractivity contribution is 5.68. The van der Waals surface area contributed by atoms with Crippen molar-refractivity contribution in [2.45, 2.75) is 57.1 Å². The van der Waals surface area contributed by atoms with Crippen molar-refractivity contribution in [1.82, 2.24) is 4.90 Å². The maximum atomic E-state index is 12.2. The highest BCUT2D eigenvalue weighted by Gasteiger charge is 2.47. The summed E-state index contributed by atoms with van der Waals surface area (Å²) in [6.45, 7) is 7.15. The zero-order chi connectivity index (χ0) is 16.0. The topological polar surface area (TPSA) is 55.6 Å². The fourth-order valence-corrected chi connectivity index (χ4v) is 3.87. The first-order valence-electron chi connectivity index (χ1n) is 8.14. The molecule has 2 N–H and O–H groups in total. The lowest BCUT2D eigenvalue weighted by Crippen LogP contribution is -2.52. The molecule has 1 unspecified atom stereocenters. The maximum absolute atomic E-state index is 12.2. The van der Waals surface area contributed by atoms with Crippen molar-refractivity contribution in [3.05, 3.63) is 35.4 Å². The molecule has 1 spiro atoms. The van der Waals surface area contributed by atoms with Crippen molar-refractivity contribution < 1.29 is 9.53 Å². The van der Waals surface area contributed by atoms with Gasteiger partial charge in [0.25, 0.3) is 0 Å². The number of ether oxygens (including phenoxy) is 1. The smallest absolute Gasteiger partial charge is 0.410 e. The molecule has 1 atom stereocenters. The number of nitrogens with two attached hydrogens (primary N) is 1. The van der Waals surface area contributed by atoms with E-state index in [1.54, 1.807) is 0 Å². The second-order valence-corrected chi connectivity index (χ2v) is 7.59. The Morgan fingerprint density at radius 2 is 1.91 bits per heavy atom. The minimum atomic E-state index is -0.442. The number of carbonyl (C=O) groups excluding carboxylic acids is 1. The van der Waals surface area contributed by atoms with E-state index in [9.17, 15) is 4.79 Å². The van der Waals surface area contributed by atoms with Gasteiger partial charge in [-0.25, -0.2) is 4.79 Å². The molecule has 1 aromatic rings. The fraction of sp³-hybridized carbons (Fsp3) is 0.611. The molecule has 0 aromatic heterocycles. The van der Waals surface area contributed by atoms with Crippen molar-refractivity contribution >= 4 is 6.09 Å². The highest BCUT2D eigenvalue weighted by Crippen LogP contribution is 2.45. The van der Waals surface area contributed by atoms with Gasteiger partial charge in [0.05, 0.1) is 0 Å². The predicted octanol–water partition coefficient (Wildman–Crippen LogP) is 2.84. The van der Waals surface area contributed by atoms with Crippen LogP contribution < -0.4 is 5.73 Å². The van der Waals surface area contributed by atoms with Crippen LogP contribution in [0.3, 0.4) is 0 Å². The molecule has 1 aromatic carbocycles. The summed E-state index contributed by atoms with van der Waals surface area (Å²) in [6, 6.07) is 8.74. The van der Waals surface area contributed by atoms with Crippen LogP contribution in [0.2, 0.25) is 0 Å². The van der Waals surface area contributed by atoms with Crippen LogP contribution in [0.4, 0.5) is 4.79 Å². The number of likely N-dealkylation sites (tertiary alicyclic amines) is 1. The number of fused-ring (bicyclic) bond motifs is 2. The molecule has 2 aliphatic rings. The van der Waals surface area contributed by atoms with Crippen LogP contribution in [-0.2, 0) is 16.6 Å². The average Bonchev–Trinajstić information content (AvgIpc) is 2.71. The van der Waals surface area contributed by atoms with E-state index < -0.39 is 5.60 Å². The Morgan fingerprint density at radius 3 is 2.55 bits per heavy atom. The summed E-state index contributed by atoms with van der Waals surface area (Å²) in [7, 11) is 0. The van der Waals surface area contributed by atoms with E-state index in [2.05, 4.69) is 24.3 Å². The van der Waals surface area contributed by atoms with Crippen LogP contribution in [0.1, 0.15) is 44.7 Å². The number of benzene rings is 1. The molecule has 0 saturated carbocycles. The van der Waals surface area contributed by atoms with Gasteiger partial charge in [0.2, 0.25) is 0 Å². The number of nitrogens with zero attached hydrogens (tertiary/aromatic N) is 1. The summed E-state index contributed by atoms with van der Waals surface area (Å²) >= 11 is 0. The third kappa shape index (κ3) is 2.60. The molecular weight excluding hydrogens is 276 g/mol. The largest absolute Gasteiger partial charge is 0.444 e. The number of rotatable bonds is 0. The van der Waals surface area contributed by atoms with Gasteiger partial charge in [0.15, 0.2) is 0 Å². The van der Waals surface area contributed by atoms with E-state index in [-0.39, 0.29) is 17.6 Å². The maximum Gasteiger partial charge on any atom is 0.410 e. The van der Waals surface area contributed by atoms with Crippen molar-refractivity contribution in [1.29, 1.82) is 0 Å². The minimum Gasteiger partial charge on any atom is -0.444 e. The molecule has 1 heterocycles. The standard InChI is InChI=1S/C18H26N2O2/c1-17(2,3)22-16(21)20-10-8-18(9-11-20)14-7-5-4-6-13(14)12-15(18)19/h4-7,15H,8-12,19H2,1-3H3. The summed E-state index contributed by atoms with van der Waals surface area (Å²) < 4.78 is 5.48. The Kier molecular flexibility index (Phi) is 3.68. The van der Waals surface area contributed by atoms with Crippen LogP contribution in [0, 0.1) is 0 Å². The summed E-state index contributed by atoms with van der Waals surface area (Å²) in [5.41, 5.74) is 8.85. The van der Waals surface area contributed by atoms with Crippen LogP contribution in [-0.4, -0.2) is 35.7 Å². The third-order valence-electron chi connectivity index (χ3n) is 5.01. The number of hydrogen-bond donors (Lipinski definition) is 1. The van der Waals surface area contributed by atoms with Gasteiger partial charge in [-0.05, 0) is 51.2 Å². The second kappa shape index (κ2) is 5.27. The molecule has 4 heteroatoms. The second-order valence-electron chi connectivity index (χ2n) is 7.59. The van der Waals surface area contributed by atoms with E-state index in [1.807, 2.05) is 25.7 Å². The highest BCUT2D eigenvalue weighted by atomic mass is 16.6. The summed E-state index contributed by atoms with van der Waals surface area (Å²) in [5, 5.41) is 0. The third-order valence-corrected chi connectivity index (χ3v) is 5.01. The Balaban J connectivity index is 1.73. The molecule has 0 bridgehead atoms. The molecule has 4 nitrogen and oxygen atoms in total. The first-order chi connectivity index (χ1) is 10.3. The lowest BCUT2D eigenvalue weighted by atomic mass is 9.71. The fourth-order valence-electron chi connectivity index (χ4n) is 3.87. The first-order valence-corrected chi connectivity index (χ1v) is 8.14. The molecule has 1 saturated heterocycles. The van der Waals surface area contributed by atoms with Crippen molar-refractivity contribution in [2.24, 2.45) is 5.73 Å². The number of hydrogen-bond acceptors (Lipinski definition) is 3. The molecule has 1 amide bonds. The zero-order valence-electron chi connectivity index (χ0n) is 13.8. The van der Waals surface area contributed by atoms with E-state index in [0.717, 1.165) is 32.4 Å². The van der Waals surface area contributed by atoms with Crippen LogP contribution in [0.5, 0.6) is 0 Å². The quantitative estimate of drug-likeness (QED) is 0.802. The van der Waals surface area contributed by atoms with Gasteiger partial charge in [-0.3, -0.25) is 0 Å². The van der Waals surface area contributed by atoms with E-state index in [0.29, 0.717) is 0 Å². The van der Waals surface area contributed by atoms with E-state index >= 15 is 0 Å². The van der Waals surface area contributed by atoms with E-state index in [1.165, 1.54) is 11.1 Å². The molecular formula is C18H26N2O2. The Bertz CT molecular complexity index is 569. The van der Waals surface area contributed by atoms with Crippen LogP contribution in [0.25, 0.3) is 0 Å². The van der Waals surface area contributed by atoms with Crippen LogP contribution in [0.15, 0.2) is 24.3 Å². The summed E-state index contributed by atoms with van der Waals surface area (Å²) in [4.78, 5) is 14.0. The lowest BCUT2D eigenvalue weighted by Gasteiger charge is -2.42. The molecule has 1 aliphatic carbocycles. The molecule has 120 valence electrons. The van der Waals surface area contributed by atoms with Crippen molar-refractivity contribution in [2.75, 3.05) is 13.1 Å². The SMILES string of the molecule is CC(C)(C)OC(=O)N1CCC2(CC1)c1ccccc1CC2N. The van der Waals surface area contributed by atoms with Gasteiger partial charge in [-0.15, -0.1) is 0 Å². The van der Waals surface area contributed by atoms with Crippen LogP contribution >= 0.6 is 0 Å². The van der Waals surface area contributed by atoms with Gasteiger partial charge in [-0.1, -0.05) is 24.3 Å². The Hall–Kier alpha value is -1.55. The van der Waals surface area contributed by atoms with Gasteiger partial charge in [0, 0.05) is 24.5 Å². The normalized spacial score (nSPS) is 23.5.